The molecule has 0 saturated heterocycles. The predicted octanol–water partition coefficient (Wildman–Crippen LogP) is 3.28. The van der Waals surface area contributed by atoms with E-state index in [9.17, 15) is 0 Å². The summed E-state index contributed by atoms with van der Waals surface area (Å²) in [5, 5.41) is 0.503. The maximum Gasteiger partial charge on any atom is 0.138 e. The number of hydrogen-bond donors (Lipinski definition) is 0. The van der Waals surface area contributed by atoms with Gasteiger partial charge in [-0.25, -0.2) is 9.97 Å². The fourth-order valence-electron chi connectivity index (χ4n) is 2.49. The monoisotopic (exact) mass is 288 g/mol. The van der Waals surface area contributed by atoms with Crippen LogP contribution in [0.15, 0.2) is 30.3 Å². The minimum Gasteiger partial charge on any atom is -0.371 e. The standard InChI is InChI=1S/C15H17ClN4/c1-3-14-17-13(16)10-15(18-14)20-9-8-19(2)11-6-4-5-7-12(11)20/h4-7,10H,3,8-9H2,1-2H3. The van der Waals surface area contributed by atoms with Gasteiger partial charge in [0, 0.05) is 32.6 Å². The maximum atomic E-state index is 6.12. The van der Waals surface area contributed by atoms with Gasteiger partial charge in [-0.15, -0.1) is 0 Å². The van der Waals surface area contributed by atoms with Crippen molar-refractivity contribution in [1.29, 1.82) is 0 Å². The van der Waals surface area contributed by atoms with Gasteiger partial charge in [0.05, 0.1) is 11.4 Å². The van der Waals surface area contributed by atoms with E-state index < -0.39 is 0 Å². The highest BCUT2D eigenvalue weighted by molar-refractivity contribution is 6.29. The van der Waals surface area contributed by atoms with Crippen molar-refractivity contribution in [3.8, 4) is 0 Å². The molecule has 104 valence electrons. The van der Waals surface area contributed by atoms with Crippen molar-refractivity contribution < 1.29 is 0 Å². The minimum absolute atomic E-state index is 0.503. The van der Waals surface area contributed by atoms with Crippen LogP contribution in [0, 0.1) is 0 Å². The quantitative estimate of drug-likeness (QED) is 0.794. The van der Waals surface area contributed by atoms with Crippen LogP contribution in [0.1, 0.15) is 12.7 Å². The van der Waals surface area contributed by atoms with Gasteiger partial charge in [-0.05, 0) is 12.1 Å². The molecule has 0 amide bonds. The lowest BCUT2D eigenvalue weighted by Gasteiger charge is -2.36. The predicted molar refractivity (Wildman–Crippen MR) is 83.1 cm³/mol. The summed E-state index contributed by atoms with van der Waals surface area (Å²) in [6.07, 6.45) is 0.781. The second-order valence-electron chi connectivity index (χ2n) is 4.88. The molecule has 0 radical (unpaired) electrons. The SMILES string of the molecule is CCc1nc(Cl)cc(N2CCN(C)c3ccccc32)n1. The van der Waals surface area contributed by atoms with Crippen molar-refractivity contribution in [2.45, 2.75) is 13.3 Å². The van der Waals surface area contributed by atoms with Gasteiger partial charge < -0.3 is 9.80 Å². The van der Waals surface area contributed by atoms with Gasteiger partial charge in [0.15, 0.2) is 0 Å². The molecule has 0 unspecified atom stereocenters. The Balaban J connectivity index is 2.07. The summed E-state index contributed by atoms with van der Waals surface area (Å²) >= 11 is 6.12. The normalized spacial score (nSPS) is 14.3. The van der Waals surface area contributed by atoms with Crippen LogP contribution in [0.3, 0.4) is 0 Å². The Hall–Kier alpha value is -1.81. The Bertz CT molecular complexity index is 629. The summed E-state index contributed by atoms with van der Waals surface area (Å²) in [4.78, 5) is 13.3. The number of halogens is 1. The summed E-state index contributed by atoms with van der Waals surface area (Å²) in [5.41, 5.74) is 2.38. The largest absolute Gasteiger partial charge is 0.371 e. The number of benzene rings is 1. The van der Waals surface area contributed by atoms with Crippen molar-refractivity contribution in [2.75, 3.05) is 29.9 Å². The van der Waals surface area contributed by atoms with Gasteiger partial charge in [-0.3, -0.25) is 0 Å². The lowest BCUT2D eigenvalue weighted by Crippen LogP contribution is -2.36. The van der Waals surface area contributed by atoms with E-state index >= 15 is 0 Å². The average Bonchev–Trinajstić information content (AvgIpc) is 2.47. The summed E-state index contributed by atoms with van der Waals surface area (Å²) in [6.45, 7) is 3.89. The highest BCUT2D eigenvalue weighted by Crippen LogP contribution is 2.36. The number of para-hydroxylation sites is 2. The number of fused-ring (bicyclic) bond motifs is 1. The van der Waals surface area contributed by atoms with Gasteiger partial charge in [0.2, 0.25) is 0 Å². The molecule has 0 bridgehead atoms. The van der Waals surface area contributed by atoms with E-state index in [1.165, 1.54) is 5.69 Å². The van der Waals surface area contributed by atoms with Crippen LogP contribution in [0.5, 0.6) is 0 Å². The van der Waals surface area contributed by atoms with Crippen LogP contribution in [0.4, 0.5) is 17.2 Å². The van der Waals surface area contributed by atoms with Crippen LogP contribution < -0.4 is 9.80 Å². The molecular weight excluding hydrogens is 272 g/mol. The Kier molecular flexibility index (Phi) is 3.49. The molecule has 3 rings (SSSR count). The van der Waals surface area contributed by atoms with E-state index in [0.29, 0.717) is 5.15 Å². The number of aromatic nitrogens is 2. The summed E-state index contributed by atoms with van der Waals surface area (Å²) in [7, 11) is 2.11. The number of likely N-dealkylation sites (N-methyl/N-ethyl adjacent to an activating group) is 1. The Labute approximate surface area is 124 Å². The first kappa shape index (κ1) is 13.2. The molecule has 4 nitrogen and oxygen atoms in total. The molecule has 1 aliphatic heterocycles. The lowest BCUT2D eigenvalue weighted by molar-refractivity contribution is 0.804. The first-order chi connectivity index (χ1) is 9.69. The van der Waals surface area contributed by atoms with E-state index in [1.54, 1.807) is 0 Å². The molecular formula is C15H17ClN4. The first-order valence-electron chi connectivity index (χ1n) is 6.80. The number of aryl methyl sites for hydroxylation is 1. The molecule has 1 aliphatic rings. The number of nitrogens with zero attached hydrogens (tertiary/aromatic N) is 4. The van der Waals surface area contributed by atoms with Crippen LogP contribution in [0.2, 0.25) is 5.15 Å². The van der Waals surface area contributed by atoms with Gasteiger partial charge in [0.25, 0.3) is 0 Å². The van der Waals surface area contributed by atoms with Crippen molar-refractivity contribution >= 4 is 28.8 Å². The number of hydrogen-bond acceptors (Lipinski definition) is 4. The van der Waals surface area contributed by atoms with Gasteiger partial charge in [-0.1, -0.05) is 30.7 Å². The van der Waals surface area contributed by atoms with Crippen molar-refractivity contribution in [3.63, 3.8) is 0 Å². The second kappa shape index (κ2) is 5.29. The molecule has 2 heterocycles. The van der Waals surface area contributed by atoms with E-state index in [4.69, 9.17) is 11.6 Å². The zero-order chi connectivity index (χ0) is 14.1. The maximum absolute atomic E-state index is 6.12. The summed E-state index contributed by atoms with van der Waals surface area (Å²) in [5.74, 6) is 1.66. The third kappa shape index (κ3) is 2.31. The smallest absolute Gasteiger partial charge is 0.138 e. The average molecular weight is 289 g/mol. The van der Waals surface area contributed by atoms with Crippen molar-refractivity contribution in [3.05, 3.63) is 41.3 Å². The molecule has 20 heavy (non-hydrogen) atoms. The number of anilines is 3. The molecule has 2 aromatic rings. The fourth-order valence-corrected chi connectivity index (χ4v) is 2.69. The highest BCUT2D eigenvalue weighted by atomic mass is 35.5. The zero-order valence-corrected chi connectivity index (χ0v) is 12.4. The van der Waals surface area contributed by atoms with Gasteiger partial charge in [-0.2, -0.15) is 0 Å². The summed E-state index contributed by atoms with van der Waals surface area (Å²) < 4.78 is 0. The van der Waals surface area contributed by atoms with Crippen LogP contribution in [0.25, 0.3) is 0 Å². The van der Waals surface area contributed by atoms with Crippen LogP contribution in [-0.4, -0.2) is 30.1 Å². The molecule has 1 aromatic heterocycles. The molecule has 0 saturated carbocycles. The lowest BCUT2D eigenvalue weighted by atomic mass is 10.1. The van der Waals surface area contributed by atoms with E-state index in [-0.39, 0.29) is 0 Å². The third-order valence-corrected chi connectivity index (χ3v) is 3.76. The third-order valence-electron chi connectivity index (χ3n) is 3.56. The van der Waals surface area contributed by atoms with Crippen molar-refractivity contribution in [2.24, 2.45) is 0 Å². The molecule has 0 atom stereocenters. The van der Waals surface area contributed by atoms with Crippen molar-refractivity contribution in [1.82, 2.24) is 9.97 Å². The molecule has 0 aliphatic carbocycles. The van der Waals surface area contributed by atoms with E-state index in [0.717, 1.165) is 36.8 Å². The zero-order valence-electron chi connectivity index (χ0n) is 11.7. The molecule has 0 spiro atoms. The minimum atomic E-state index is 0.503. The highest BCUT2D eigenvalue weighted by Gasteiger charge is 2.22. The van der Waals surface area contributed by atoms with Gasteiger partial charge >= 0.3 is 0 Å². The number of rotatable bonds is 2. The molecule has 0 fully saturated rings. The summed E-state index contributed by atoms with van der Waals surface area (Å²) in [6, 6.07) is 10.2. The fraction of sp³-hybridized carbons (Fsp3) is 0.333. The van der Waals surface area contributed by atoms with Crippen LogP contribution in [-0.2, 0) is 6.42 Å². The molecule has 0 N–H and O–H groups in total. The van der Waals surface area contributed by atoms with Gasteiger partial charge in [0.1, 0.15) is 16.8 Å². The topological polar surface area (TPSA) is 32.3 Å². The van der Waals surface area contributed by atoms with E-state index in [2.05, 4.69) is 51.1 Å². The Morgan fingerprint density at radius 1 is 1.15 bits per heavy atom. The first-order valence-corrected chi connectivity index (χ1v) is 7.18. The second-order valence-corrected chi connectivity index (χ2v) is 5.27. The van der Waals surface area contributed by atoms with Crippen LogP contribution >= 0.6 is 11.6 Å². The Morgan fingerprint density at radius 2 is 1.90 bits per heavy atom. The molecule has 5 heteroatoms. The van der Waals surface area contributed by atoms with E-state index in [1.807, 2.05) is 13.0 Å². The molecule has 1 aromatic carbocycles. The Morgan fingerprint density at radius 3 is 2.65 bits per heavy atom.